The fourth-order valence-corrected chi connectivity index (χ4v) is 1.33. The molecule has 0 bridgehead atoms. The molecule has 0 aliphatic heterocycles. The molecule has 0 aliphatic carbocycles. The topological polar surface area (TPSA) is 74.1 Å². The number of aromatic nitrogens is 1. The van der Waals surface area contributed by atoms with Gasteiger partial charge in [-0.15, -0.1) is 0 Å². The van der Waals surface area contributed by atoms with Crippen LogP contribution in [0.5, 0.6) is 0 Å². The van der Waals surface area contributed by atoms with E-state index in [0.717, 1.165) is 0 Å². The van der Waals surface area contributed by atoms with Gasteiger partial charge in [0.25, 0.3) is 5.69 Å². The Morgan fingerprint density at radius 2 is 2.15 bits per heavy atom. The lowest BCUT2D eigenvalue weighted by Gasteiger charge is -1.95. The van der Waals surface area contributed by atoms with Crippen LogP contribution in [-0.2, 0) is 0 Å². The molecule has 2 aromatic rings. The Labute approximate surface area is 73.5 Å². The molecule has 1 heterocycles. The summed E-state index contributed by atoms with van der Waals surface area (Å²) in [5.74, 6) is 5.54. The fourth-order valence-electron chi connectivity index (χ4n) is 1.33. The predicted molar refractivity (Wildman–Crippen MR) is 48.7 cm³/mol. The molecule has 1 aromatic carbocycles. The Balaban J connectivity index is 2.84. The zero-order valence-corrected chi connectivity index (χ0v) is 6.68. The van der Waals surface area contributed by atoms with E-state index in [4.69, 9.17) is 5.84 Å². The van der Waals surface area contributed by atoms with Crippen LogP contribution in [0.4, 0.5) is 5.69 Å². The lowest BCUT2D eigenvalue weighted by atomic mass is 10.2. The molecule has 2 N–H and O–H groups in total. The van der Waals surface area contributed by atoms with Crippen molar-refractivity contribution >= 4 is 16.6 Å². The molecule has 0 atom stereocenters. The van der Waals surface area contributed by atoms with Crippen molar-refractivity contribution in [1.29, 1.82) is 0 Å². The average Bonchev–Trinajstić information content (AvgIpc) is 2.48. The molecule has 66 valence electrons. The lowest BCUT2D eigenvalue weighted by Crippen LogP contribution is -2.04. The van der Waals surface area contributed by atoms with Crippen LogP contribution >= 0.6 is 0 Å². The van der Waals surface area contributed by atoms with Gasteiger partial charge in [-0.3, -0.25) is 14.8 Å². The molecule has 0 saturated heterocycles. The highest BCUT2D eigenvalue weighted by molar-refractivity contribution is 5.89. The SMILES string of the molecule is Nn1ccc2c([N+](=O)[O-])cccc21. The van der Waals surface area contributed by atoms with Crippen LogP contribution in [0.1, 0.15) is 0 Å². The zero-order valence-electron chi connectivity index (χ0n) is 6.68. The van der Waals surface area contributed by atoms with Crippen LogP contribution in [0.2, 0.25) is 0 Å². The summed E-state index contributed by atoms with van der Waals surface area (Å²) >= 11 is 0. The van der Waals surface area contributed by atoms with Crippen molar-refractivity contribution < 1.29 is 4.92 Å². The Morgan fingerprint density at radius 1 is 1.38 bits per heavy atom. The first kappa shape index (κ1) is 7.60. The normalized spacial score (nSPS) is 10.5. The third-order valence-electron chi connectivity index (χ3n) is 1.94. The largest absolute Gasteiger partial charge is 0.339 e. The van der Waals surface area contributed by atoms with Gasteiger partial charge in [-0.25, -0.2) is 0 Å². The molecule has 1 aromatic heterocycles. The van der Waals surface area contributed by atoms with E-state index in [-0.39, 0.29) is 5.69 Å². The number of nitro benzene ring substituents is 1. The van der Waals surface area contributed by atoms with E-state index in [1.165, 1.54) is 10.7 Å². The van der Waals surface area contributed by atoms with Crippen molar-refractivity contribution in [3.63, 3.8) is 0 Å². The van der Waals surface area contributed by atoms with E-state index >= 15 is 0 Å². The van der Waals surface area contributed by atoms with Crippen LogP contribution < -0.4 is 5.84 Å². The van der Waals surface area contributed by atoms with Gasteiger partial charge in [-0.1, -0.05) is 6.07 Å². The molecule has 0 aliphatic rings. The molecule has 0 radical (unpaired) electrons. The molecule has 0 spiro atoms. The van der Waals surface area contributed by atoms with Crippen molar-refractivity contribution in [2.75, 3.05) is 5.84 Å². The number of benzene rings is 1. The maximum absolute atomic E-state index is 10.6. The van der Waals surface area contributed by atoms with E-state index in [1.807, 2.05) is 0 Å². The number of hydrogen-bond donors (Lipinski definition) is 1. The van der Waals surface area contributed by atoms with Gasteiger partial charge < -0.3 is 5.84 Å². The van der Waals surface area contributed by atoms with Crippen LogP contribution in [0.15, 0.2) is 30.5 Å². The smallest absolute Gasteiger partial charge is 0.278 e. The molecular weight excluding hydrogens is 170 g/mol. The van der Waals surface area contributed by atoms with Gasteiger partial charge in [-0.2, -0.15) is 0 Å². The molecule has 2 rings (SSSR count). The second kappa shape index (κ2) is 2.48. The van der Waals surface area contributed by atoms with E-state index in [9.17, 15) is 10.1 Å². The van der Waals surface area contributed by atoms with Crippen molar-refractivity contribution in [3.8, 4) is 0 Å². The third-order valence-corrected chi connectivity index (χ3v) is 1.94. The van der Waals surface area contributed by atoms with Gasteiger partial charge in [0.15, 0.2) is 0 Å². The summed E-state index contributed by atoms with van der Waals surface area (Å²) in [7, 11) is 0. The van der Waals surface area contributed by atoms with E-state index < -0.39 is 4.92 Å². The van der Waals surface area contributed by atoms with Crippen molar-refractivity contribution in [2.24, 2.45) is 0 Å². The van der Waals surface area contributed by atoms with Gasteiger partial charge in [0.1, 0.15) is 0 Å². The minimum absolute atomic E-state index is 0.0849. The maximum atomic E-state index is 10.6. The van der Waals surface area contributed by atoms with Crippen molar-refractivity contribution in [3.05, 3.63) is 40.6 Å². The number of nitro groups is 1. The minimum Gasteiger partial charge on any atom is -0.339 e. The monoisotopic (exact) mass is 177 g/mol. The minimum atomic E-state index is -0.414. The molecular formula is C8H7N3O2. The molecule has 5 heteroatoms. The average molecular weight is 177 g/mol. The van der Waals surface area contributed by atoms with Crippen LogP contribution in [0.3, 0.4) is 0 Å². The first-order valence-corrected chi connectivity index (χ1v) is 3.69. The van der Waals surface area contributed by atoms with Crippen LogP contribution in [0, 0.1) is 10.1 Å². The van der Waals surface area contributed by atoms with E-state index in [2.05, 4.69) is 0 Å². The molecule has 0 saturated carbocycles. The summed E-state index contributed by atoms with van der Waals surface area (Å²) in [5, 5.41) is 11.1. The van der Waals surface area contributed by atoms with Gasteiger partial charge in [0, 0.05) is 12.3 Å². The third kappa shape index (κ3) is 1.01. The number of nitrogens with two attached hydrogens (primary N) is 1. The summed E-state index contributed by atoms with van der Waals surface area (Å²) < 4.78 is 1.36. The van der Waals surface area contributed by atoms with Gasteiger partial charge >= 0.3 is 0 Å². The van der Waals surface area contributed by atoms with Gasteiger partial charge in [0.05, 0.1) is 15.8 Å². The quantitative estimate of drug-likeness (QED) is 0.405. The zero-order chi connectivity index (χ0) is 9.42. The molecule has 0 amide bonds. The second-order valence-electron chi connectivity index (χ2n) is 2.69. The number of nitrogen functional groups attached to an aromatic ring is 1. The fraction of sp³-hybridized carbons (Fsp3) is 0. The predicted octanol–water partition coefficient (Wildman–Crippen LogP) is 1.26. The lowest BCUT2D eigenvalue weighted by molar-refractivity contribution is -0.383. The Hall–Kier alpha value is -2.04. The van der Waals surface area contributed by atoms with Gasteiger partial charge in [0.2, 0.25) is 0 Å². The number of fused-ring (bicyclic) bond motifs is 1. The maximum Gasteiger partial charge on any atom is 0.278 e. The molecule has 13 heavy (non-hydrogen) atoms. The first-order chi connectivity index (χ1) is 6.20. The van der Waals surface area contributed by atoms with E-state index in [1.54, 1.807) is 24.4 Å². The standard InChI is InChI=1S/C8H7N3O2/c9-10-5-4-6-7(10)2-1-3-8(6)11(12)13/h1-5H,9H2. The Morgan fingerprint density at radius 3 is 2.85 bits per heavy atom. The number of non-ortho nitro benzene ring substituents is 1. The highest BCUT2D eigenvalue weighted by atomic mass is 16.6. The highest BCUT2D eigenvalue weighted by Crippen LogP contribution is 2.24. The highest BCUT2D eigenvalue weighted by Gasteiger charge is 2.12. The van der Waals surface area contributed by atoms with E-state index in [0.29, 0.717) is 10.9 Å². The number of hydrogen-bond acceptors (Lipinski definition) is 3. The summed E-state index contributed by atoms with van der Waals surface area (Å²) in [6.45, 7) is 0. The first-order valence-electron chi connectivity index (χ1n) is 3.69. The van der Waals surface area contributed by atoms with Crippen LogP contribution in [-0.4, -0.2) is 9.60 Å². The summed E-state index contributed by atoms with van der Waals surface area (Å²) in [6.07, 6.45) is 1.59. The molecule has 0 fully saturated rings. The number of rotatable bonds is 1. The summed E-state index contributed by atoms with van der Waals surface area (Å²) in [4.78, 5) is 10.2. The van der Waals surface area contributed by atoms with Crippen molar-refractivity contribution in [1.82, 2.24) is 4.68 Å². The number of nitrogens with zero attached hydrogens (tertiary/aromatic N) is 2. The van der Waals surface area contributed by atoms with Crippen molar-refractivity contribution in [2.45, 2.75) is 0 Å². The molecule has 0 unspecified atom stereocenters. The summed E-state index contributed by atoms with van der Waals surface area (Å²) in [6, 6.07) is 6.45. The Bertz CT molecular complexity index is 475. The summed E-state index contributed by atoms with van der Waals surface area (Å²) in [5.41, 5.74) is 0.746. The molecule has 5 nitrogen and oxygen atoms in total. The van der Waals surface area contributed by atoms with Gasteiger partial charge in [-0.05, 0) is 12.1 Å². The van der Waals surface area contributed by atoms with Crippen LogP contribution in [0.25, 0.3) is 10.9 Å². The Kier molecular flexibility index (Phi) is 1.45. The second-order valence-corrected chi connectivity index (χ2v) is 2.69.